The molecular formula is C21H17Cl2NO6. The molecule has 30 heavy (non-hydrogen) atoms. The summed E-state index contributed by atoms with van der Waals surface area (Å²) in [5, 5.41) is 22.6. The van der Waals surface area contributed by atoms with Crippen molar-refractivity contribution in [2.24, 2.45) is 0 Å². The summed E-state index contributed by atoms with van der Waals surface area (Å²) in [7, 11) is 0. The van der Waals surface area contributed by atoms with Gasteiger partial charge in [-0.15, -0.1) is 0 Å². The van der Waals surface area contributed by atoms with Crippen molar-refractivity contribution in [2.45, 2.75) is 25.8 Å². The Morgan fingerprint density at radius 2 is 1.83 bits per heavy atom. The number of benzene rings is 2. The van der Waals surface area contributed by atoms with Gasteiger partial charge in [-0.2, -0.15) is 0 Å². The molecule has 3 N–H and O–H groups in total. The van der Waals surface area contributed by atoms with Crippen LogP contribution in [0.1, 0.15) is 16.7 Å². The lowest BCUT2D eigenvalue weighted by atomic mass is 10.0. The monoisotopic (exact) mass is 449 g/mol. The number of hydrogen-bond donors (Lipinski definition) is 3. The largest absolute Gasteiger partial charge is 0.506 e. The van der Waals surface area contributed by atoms with E-state index in [9.17, 15) is 24.6 Å². The first kappa shape index (κ1) is 21.7. The smallest absolute Gasteiger partial charge is 0.340 e. The number of phenolic OH excluding ortho intramolecular Hbond substituents is 1. The number of aliphatic carboxylic acids is 1. The zero-order chi connectivity index (χ0) is 22.0. The van der Waals surface area contributed by atoms with Crippen molar-refractivity contribution in [1.82, 2.24) is 5.32 Å². The molecule has 0 bridgehead atoms. The lowest BCUT2D eigenvalue weighted by Gasteiger charge is -2.15. The molecule has 1 aromatic heterocycles. The summed E-state index contributed by atoms with van der Waals surface area (Å²) in [6.45, 7) is 1.62. The first-order valence-corrected chi connectivity index (χ1v) is 9.62. The number of carbonyl (C=O) groups excluding carboxylic acids is 1. The Balaban J connectivity index is 1.82. The summed E-state index contributed by atoms with van der Waals surface area (Å²) in [6.07, 6.45) is -0.314. The van der Waals surface area contributed by atoms with Crippen LogP contribution in [0.15, 0.2) is 45.6 Å². The molecule has 0 aliphatic heterocycles. The molecular weight excluding hydrogens is 433 g/mol. The van der Waals surface area contributed by atoms with Crippen molar-refractivity contribution in [2.75, 3.05) is 0 Å². The molecule has 0 saturated carbocycles. The van der Waals surface area contributed by atoms with Gasteiger partial charge in [-0.1, -0.05) is 35.3 Å². The normalized spacial score (nSPS) is 12.0. The van der Waals surface area contributed by atoms with Crippen LogP contribution in [0.25, 0.3) is 11.0 Å². The molecule has 0 saturated heterocycles. The molecule has 1 atom stereocenters. The van der Waals surface area contributed by atoms with E-state index in [4.69, 9.17) is 27.6 Å². The third-order valence-corrected chi connectivity index (χ3v) is 5.23. The third kappa shape index (κ3) is 4.75. The summed E-state index contributed by atoms with van der Waals surface area (Å²) in [4.78, 5) is 36.4. The number of carbonyl (C=O) groups is 2. The fourth-order valence-corrected chi connectivity index (χ4v) is 3.35. The fourth-order valence-electron chi connectivity index (χ4n) is 3.06. The minimum atomic E-state index is -1.21. The highest BCUT2D eigenvalue weighted by molar-refractivity contribution is 6.32. The number of hydrogen-bond acceptors (Lipinski definition) is 5. The van der Waals surface area contributed by atoms with Crippen molar-refractivity contribution in [3.63, 3.8) is 0 Å². The topological polar surface area (TPSA) is 117 Å². The number of carboxylic acid groups (broad SMARTS) is 1. The second-order valence-electron chi connectivity index (χ2n) is 6.76. The summed E-state index contributed by atoms with van der Waals surface area (Å²) in [6, 6.07) is 8.08. The van der Waals surface area contributed by atoms with Gasteiger partial charge in [0.25, 0.3) is 0 Å². The number of fused-ring (bicyclic) bond motifs is 1. The molecule has 0 radical (unpaired) electrons. The standard InChI is InChI=1S/C21H17Cl2NO6/c1-10-13-7-15(23)17(25)9-18(13)30-21(29)14(10)8-19(26)24-16(20(27)28)6-11-2-4-12(22)5-3-11/h2-5,7,9,16,25H,6,8H2,1H3,(H,24,26)(H,27,28). The van der Waals surface area contributed by atoms with Crippen LogP contribution < -0.4 is 10.9 Å². The number of rotatable bonds is 6. The van der Waals surface area contributed by atoms with Gasteiger partial charge in [0.1, 0.15) is 17.4 Å². The number of nitrogens with one attached hydrogen (secondary N) is 1. The Kier molecular flexibility index (Phi) is 6.34. The summed E-state index contributed by atoms with van der Waals surface area (Å²) in [5.74, 6) is -2.08. The van der Waals surface area contributed by atoms with Gasteiger partial charge in [0.2, 0.25) is 5.91 Å². The zero-order valence-electron chi connectivity index (χ0n) is 15.7. The Morgan fingerprint density at radius 3 is 2.47 bits per heavy atom. The zero-order valence-corrected chi connectivity index (χ0v) is 17.3. The molecule has 9 heteroatoms. The highest BCUT2D eigenvalue weighted by Gasteiger charge is 2.23. The number of halogens is 2. The van der Waals surface area contributed by atoms with E-state index >= 15 is 0 Å². The molecule has 1 amide bonds. The van der Waals surface area contributed by atoms with Crippen LogP contribution in [0.2, 0.25) is 10.0 Å². The van der Waals surface area contributed by atoms with E-state index in [1.165, 1.54) is 12.1 Å². The van der Waals surface area contributed by atoms with E-state index in [2.05, 4.69) is 5.32 Å². The summed E-state index contributed by atoms with van der Waals surface area (Å²) < 4.78 is 5.19. The van der Waals surface area contributed by atoms with Gasteiger partial charge in [-0.3, -0.25) is 4.79 Å². The number of aromatic hydroxyl groups is 1. The average molecular weight is 450 g/mol. The third-order valence-electron chi connectivity index (χ3n) is 4.68. The maximum absolute atomic E-state index is 12.5. The van der Waals surface area contributed by atoms with E-state index in [1.807, 2.05) is 0 Å². The predicted molar refractivity (Wildman–Crippen MR) is 112 cm³/mol. The van der Waals surface area contributed by atoms with Crippen LogP contribution in [-0.2, 0) is 22.4 Å². The Hall–Kier alpha value is -3.03. The van der Waals surface area contributed by atoms with E-state index in [-0.39, 0.29) is 34.8 Å². The lowest BCUT2D eigenvalue weighted by molar-refractivity contribution is -0.141. The molecule has 0 spiro atoms. The highest BCUT2D eigenvalue weighted by atomic mass is 35.5. The Labute approximate surface area is 180 Å². The number of carboxylic acids is 1. The molecule has 3 aromatic rings. The van der Waals surface area contributed by atoms with Crippen LogP contribution in [-0.4, -0.2) is 28.1 Å². The van der Waals surface area contributed by atoms with Gasteiger partial charge >= 0.3 is 11.6 Å². The molecule has 7 nitrogen and oxygen atoms in total. The average Bonchev–Trinajstić information content (AvgIpc) is 2.68. The van der Waals surface area contributed by atoms with Gasteiger partial charge in [-0.05, 0) is 36.2 Å². The van der Waals surface area contributed by atoms with Crippen molar-refractivity contribution >= 4 is 46.0 Å². The first-order valence-electron chi connectivity index (χ1n) is 8.87. The molecule has 156 valence electrons. The number of aryl methyl sites for hydroxylation is 1. The fraction of sp³-hybridized carbons (Fsp3) is 0.190. The van der Waals surface area contributed by atoms with Gasteiger partial charge < -0.3 is 19.9 Å². The van der Waals surface area contributed by atoms with Crippen molar-refractivity contribution in [3.8, 4) is 5.75 Å². The Morgan fingerprint density at radius 1 is 1.17 bits per heavy atom. The first-order chi connectivity index (χ1) is 14.2. The van der Waals surface area contributed by atoms with Crippen LogP contribution in [0.4, 0.5) is 0 Å². The van der Waals surface area contributed by atoms with E-state index in [1.54, 1.807) is 31.2 Å². The van der Waals surface area contributed by atoms with Gasteiger partial charge in [0, 0.05) is 22.9 Å². The second kappa shape index (κ2) is 8.77. The molecule has 0 fully saturated rings. The SMILES string of the molecule is Cc1c(CC(=O)NC(Cc2ccc(Cl)cc2)C(=O)O)c(=O)oc2cc(O)c(Cl)cc12. The highest BCUT2D eigenvalue weighted by Crippen LogP contribution is 2.30. The maximum Gasteiger partial charge on any atom is 0.340 e. The quantitative estimate of drug-likeness (QED) is 0.496. The molecule has 2 aromatic carbocycles. The van der Waals surface area contributed by atoms with Crippen LogP contribution in [0.3, 0.4) is 0 Å². The summed E-state index contributed by atoms with van der Waals surface area (Å²) in [5.41, 5.74) is 0.611. The molecule has 0 aliphatic rings. The van der Waals surface area contributed by atoms with Gasteiger partial charge in [0.05, 0.1) is 17.0 Å². The van der Waals surface area contributed by atoms with E-state index in [0.717, 1.165) is 0 Å². The van der Waals surface area contributed by atoms with Crippen molar-refractivity contribution in [3.05, 3.63) is 73.6 Å². The second-order valence-corrected chi connectivity index (χ2v) is 7.60. The molecule has 1 unspecified atom stereocenters. The number of phenols is 1. The molecule has 0 aliphatic carbocycles. The minimum Gasteiger partial charge on any atom is -0.506 e. The van der Waals surface area contributed by atoms with E-state index in [0.29, 0.717) is 21.5 Å². The Bertz CT molecular complexity index is 1190. The lowest BCUT2D eigenvalue weighted by Crippen LogP contribution is -2.43. The molecule has 3 rings (SSSR count). The summed E-state index contributed by atoms with van der Waals surface area (Å²) >= 11 is 11.8. The van der Waals surface area contributed by atoms with Crippen molar-refractivity contribution < 1.29 is 24.2 Å². The van der Waals surface area contributed by atoms with Gasteiger partial charge in [0.15, 0.2) is 0 Å². The van der Waals surface area contributed by atoms with Crippen LogP contribution in [0.5, 0.6) is 5.75 Å². The molecule has 1 heterocycles. The van der Waals surface area contributed by atoms with Crippen molar-refractivity contribution in [1.29, 1.82) is 0 Å². The van der Waals surface area contributed by atoms with E-state index < -0.39 is 23.5 Å². The maximum atomic E-state index is 12.5. The van der Waals surface area contributed by atoms with Crippen LogP contribution >= 0.6 is 23.2 Å². The number of amides is 1. The van der Waals surface area contributed by atoms with Gasteiger partial charge in [-0.25, -0.2) is 9.59 Å². The minimum absolute atomic E-state index is 0.0540. The van der Waals surface area contributed by atoms with Crippen LogP contribution in [0, 0.1) is 6.92 Å². The predicted octanol–water partition coefficient (Wildman–Crippen LogP) is 3.47.